The first-order chi connectivity index (χ1) is 10.7. The Morgan fingerprint density at radius 1 is 1.00 bits per heavy atom. The smallest absolute Gasteiger partial charge is 0.0471 e. The van der Waals surface area contributed by atoms with E-state index in [1.165, 1.54) is 11.3 Å². The zero-order valence-electron chi connectivity index (χ0n) is 14.5. The first-order valence-corrected chi connectivity index (χ1v) is 8.74. The molecule has 2 rings (SSSR count). The molecule has 4 heteroatoms. The highest BCUT2D eigenvalue weighted by atomic mass is 15.3. The van der Waals surface area contributed by atoms with Gasteiger partial charge in [0.05, 0.1) is 0 Å². The number of hydrogen-bond donors (Lipinski definition) is 1. The van der Waals surface area contributed by atoms with Gasteiger partial charge in [-0.2, -0.15) is 0 Å². The van der Waals surface area contributed by atoms with Crippen LogP contribution < -0.4 is 10.6 Å². The SMILES string of the molecule is CCN1CCN(C(CN)c2ccc(N(CC)CC)cc2)CC1. The summed E-state index contributed by atoms with van der Waals surface area (Å²) < 4.78 is 0. The van der Waals surface area contributed by atoms with Crippen molar-refractivity contribution in [2.45, 2.75) is 26.8 Å². The van der Waals surface area contributed by atoms with Gasteiger partial charge in [-0.05, 0) is 38.1 Å². The largest absolute Gasteiger partial charge is 0.372 e. The number of piperazine rings is 1. The molecular formula is C18H32N4. The summed E-state index contributed by atoms with van der Waals surface area (Å²) in [5, 5.41) is 0. The molecule has 0 saturated carbocycles. The van der Waals surface area contributed by atoms with Gasteiger partial charge in [0.15, 0.2) is 0 Å². The monoisotopic (exact) mass is 304 g/mol. The molecular weight excluding hydrogens is 272 g/mol. The van der Waals surface area contributed by atoms with Crippen molar-refractivity contribution >= 4 is 5.69 Å². The van der Waals surface area contributed by atoms with Crippen molar-refractivity contribution in [1.29, 1.82) is 0 Å². The number of anilines is 1. The molecule has 0 aromatic heterocycles. The van der Waals surface area contributed by atoms with Crippen LogP contribution in [0.2, 0.25) is 0 Å². The molecule has 1 aromatic rings. The molecule has 4 nitrogen and oxygen atoms in total. The van der Waals surface area contributed by atoms with Crippen LogP contribution >= 0.6 is 0 Å². The number of rotatable bonds is 7. The second-order valence-electron chi connectivity index (χ2n) is 5.99. The van der Waals surface area contributed by atoms with E-state index in [0.29, 0.717) is 12.6 Å². The summed E-state index contributed by atoms with van der Waals surface area (Å²) in [6.07, 6.45) is 0. The van der Waals surface area contributed by atoms with Gasteiger partial charge in [0, 0.05) is 57.5 Å². The van der Waals surface area contributed by atoms with Gasteiger partial charge in [-0.3, -0.25) is 4.90 Å². The molecule has 0 radical (unpaired) electrons. The maximum atomic E-state index is 6.09. The maximum absolute atomic E-state index is 6.09. The van der Waals surface area contributed by atoms with Gasteiger partial charge in [-0.25, -0.2) is 0 Å². The van der Waals surface area contributed by atoms with Crippen LogP contribution in [0.1, 0.15) is 32.4 Å². The standard InChI is InChI=1S/C18H32N4/c1-4-20-11-13-22(14-12-20)18(15-19)16-7-9-17(10-8-16)21(5-2)6-3/h7-10,18H,4-6,11-15,19H2,1-3H3. The quantitative estimate of drug-likeness (QED) is 0.837. The number of nitrogens with zero attached hydrogens (tertiary/aromatic N) is 3. The van der Waals surface area contributed by atoms with Crippen LogP contribution in [0.15, 0.2) is 24.3 Å². The number of hydrogen-bond acceptors (Lipinski definition) is 4. The average molecular weight is 304 g/mol. The summed E-state index contributed by atoms with van der Waals surface area (Å²) in [5.41, 5.74) is 8.74. The van der Waals surface area contributed by atoms with Crippen molar-refractivity contribution in [2.24, 2.45) is 5.73 Å². The van der Waals surface area contributed by atoms with Crippen molar-refractivity contribution < 1.29 is 0 Å². The fourth-order valence-electron chi connectivity index (χ4n) is 3.38. The molecule has 0 aliphatic carbocycles. The first-order valence-electron chi connectivity index (χ1n) is 8.74. The van der Waals surface area contributed by atoms with E-state index in [9.17, 15) is 0 Å². The van der Waals surface area contributed by atoms with Crippen LogP contribution in [-0.2, 0) is 0 Å². The third-order valence-electron chi connectivity index (χ3n) is 4.92. The summed E-state index contributed by atoms with van der Waals surface area (Å²) >= 11 is 0. The van der Waals surface area contributed by atoms with Gasteiger partial charge in [0.2, 0.25) is 0 Å². The Labute approximate surface area is 135 Å². The molecule has 1 unspecified atom stereocenters. The van der Waals surface area contributed by atoms with E-state index in [-0.39, 0.29) is 0 Å². The minimum Gasteiger partial charge on any atom is -0.372 e. The lowest BCUT2D eigenvalue weighted by Gasteiger charge is -2.38. The molecule has 0 bridgehead atoms. The summed E-state index contributed by atoms with van der Waals surface area (Å²) in [6, 6.07) is 9.36. The van der Waals surface area contributed by atoms with Crippen LogP contribution in [-0.4, -0.2) is 62.2 Å². The maximum Gasteiger partial charge on any atom is 0.0471 e. The molecule has 124 valence electrons. The predicted octanol–water partition coefficient (Wildman–Crippen LogP) is 2.17. The summed E-state index contributed by atoms with van der Waals surface area (Å²) in [5.74, 6) is 0. The van der Waals surface area contributed by atoms with Gasteiger partial charge in [0.25, 0.3) is 0 Å². The molecule has 1 saturated heterocycles. The third-order valence-corrected chi connectivity index (χ3v) is 4.92. The predicted molar refractivity (Wildman–Crippen MR) is 95.5 cm³/mol. The van der Waals surface area contributed by atoms with E-state index < -0.39 is 0 Å². The minimum absolute atomic E-state index is 0.352. The van der Waals surface area contributed by atoms with Crippen LogP contribution in [0.25, 0.3) is 0 Å². The van der Waals surface area contributed by atoms with Gasteiger partial charge in [-0.15, -0.1) is 0 Å². The van der Waals surface area contributed by atoms with Crippen molar-refractivity contribution in [3.63, 3.8) is 0 Å². The molecule has 1 aromatic carbocycles. The van der Waals surface area contributed by atoms with Crippen LogP contribution in [0.3, 0.4) is 0 Å². The van der Waals surface area contributed by atoms with Gasteiger partial charge in [0.1, 0.15) is 0 Å². The zero-order valence-corrected chi connectivity index (χ0v) is 14.5. The molecule has 0 amide bonds. The van der Waals surface area contributed by atoms with Crippen LogP contribution in [0.5, 0.6) is 0 Å². The van der Waals surface area contributed by atoms with E-state index in [4.69, 9.17) is 5.73 Å². The molecule has 1 heterocycles. The lowest BCUT2D eigenvalue weighted by molar-refractivity contribution is 0.102. The number of benzene rings is 1. The van der Waals surface area contributed by atoms with Crippen LogP contribution in [0.4, 0.5) is 5.69 Å². The summed E-state index contributed by atoms with van der Waals surface area (Å²) in [4.78, 5) is 7.42. The average Bonchev–Trinajstić information content (AvgIpc) is 2.58. The van der Waals surface area contributed by atoms with E-state index in [1.807, 2.05) is 0 Å². The number of likely N-dealkylation sites (N-methyl/N-ethyl adjacent to an activating group) is 1. The van der Waals surface area contributed by atoms with E-state index in [2.05, 4.69) is 59.7 Å². The van der Waals surface area contributed by atoms with E-state index in [0.717, 1.165) is 45.8 Å². The molecule has 1 fully saturated rings. The van der Waals surface area contributed by atoms with Crippen molar-refractivity contribution in [2.75, 3.05) is 57.3 Å². The van der Waals surface area contributed by atoms with E-state index >= 15 is 0 Å². The summed E-state index contributed by atoms with van der Waals surface area (Å²) in [6.45, 7) is 15.1. The lowest BCUT2D eigenvalue weighted by Crippen LogP contribution is -2.48. The lowest BCUT2D eigenvalue weighted by atomic mass is 10.0. The molecule has 1 atom stereocenters. The van der Waals surface area contributed by atoms with Gasteiger partial charge in [-0.1, -0.05) is 19.1 Å². The van der Waals surface area contributed by atoms with Gasteiger partial charge >= 0.3 is 0 Å². The Balaban J connectivity index is 2.05. The van der Waals surface area contributed by atoms with E-state index in [1.54, 1.807) is 0 Å². The highest BCUT2D eigenvalue weighted by molar-refractivity contribution is 5.47. The first kappa shape index (κ1) is 17.3. The Morgan fingerprint density at radius 3 is 2.05 bits per heavy atom. The molecule has 22 heavy (non-hydrogen) atoms. The Hall–Kier alpha value is -1.10. The highest BCUT2D eigenvalue weighted by Gasteiger charge is 2.23. The summed E-state index contributed by atoms with van der Waals surface area (Å²) in [7, 11) is 0. The molecule has 0 spiro atoms. The Kier molecular flexibility index (Phi) is 6.68. The Bertz CT molecular complexity index is 419. The molecule has 2 N–H and O–H groups in total. The van der Waals surface area contributed by atoms with Crippen molar-refractivity contribution in [1.82, 2.24) is 9.80 Å². The normalized spacial score (nSPS) is 18.4. The second kappa shape index (κ2) is 8.51. The second-order valence-corrected chi connectivity index (χ2v) is 5.99. The fourth-order valence-corrected chi connectivity index (χ4v) is 3.38. The zero-order chi connectivity index (χ0) is 15.9. The highest BCUT2D eigenvalue weighted by Crippen LogP contribution is 2.24. The minimum atomic E-state index is 0.352. The van der Waals surface area contributed by atoms with Crippen LogP contribution in [0, 0.1) is 0 Å². The topological polar surface area (TPSA) is 35.7 Å². The Morgan fingerprint density at radius 2 is 1.59 bits per heavy atom. The third kappa shape index (κ3) is 4.00. The van der Waals surface area contributed by atoms with Crippen molar-refractivity contribution in [3.8, 4) is 0 Å². The number of nitrogens with two attached hydrogens (primary N) is 1. The van der Waals surface area contributed by atoms with Crippen molar-refractivity contribution in [3.05, 3.63) is 29.8 Å². The molecule has 1 aliphatic rings. The molecule has 1 aliphatic heterocycles. The van der Waals surface area contributed by atoms with Gasteiger partial charge < -0.3 is 15.5 Å². The fraction of sp³-hybridized carbons (Fsp3) is 0.667.